The predicted octanol–water partition coefficient (Wildman–Crippen LogP) is 3.05. The highest BCUT2D eigenvalue weighted by molar-refractivity contribution is 5.74. The van der Waals surface area contributed by atoms with E-state index >= 15 is 0 Å². The van der Waals surface area contributed by atoms with E-state index in [2.05, 4.69) is 5.43 Å². The molecule has 0 atom stereocenters. The second-order valence-corrected chi connectivity index (χ2v) is 3.92. The first kappa shape index (κ1) is 12.8. The third kappa shape index (κ3) is 3.17. The zero-order valence-electron chi connectivity index (χ0n) is 10.1. The monoisotopic (exact) mass is 255 g/mol. The van der Waals surface area contributed by atoms with Crippen LogP contribution in [0.2, 0.25) is 0 Å². The second kappa shape index (κ2) is 5.79. The van der Waals surface area contributed by atoms with Gasteiger partial charge in [0, 0.05) is 11.8 Å². The number of benzene rings is 2. The van der Waals surface area contributed by atoms with Crippen molar-refractivity contribution in [3.63, 3.8) is 0 Å². The number of hydrogen-bond acceptors (Lipinski definition) is 4. The minimum absolute atomic E-state index is 0.0963. The minimum Gasteiger partial charge on any atom is -0.324 e. The van der Waals surface area contributed by atoms with E-state index in [1.165, 1.54) is 6.07 Å². The van der Waals surface area contributed by atoms with Crippen molar-refractivity contribution >= 4 is 23.5 Å². The minimum atomic E-state index is -0.388. The zero-order valence-corrected chi connectivity index (χ0v) is 10.1. The van der Waals surface area contributed by atoms with Crippen molar-refractivity contribution in [2.75, 3.05) is 5.43 Å². The summed E-state index contributed by atoms with van der Waals surface area (Å²) in [7, 11) is 0. The van der Waals surface area contributed by atoms with Crippen LogP contribution in [0.4, 0.5) is 11.4 Å². The van der Waals surface area contributed by atoms with Crippen LogP contribution < -0.4 is 11.3 Å². The fraction of sp³-hybridized carbons (Fsp3) is 0. The summed E-state index contributed by atoms with van der Waals surface area (Å²) in [5, 5.41) is 10.9. The Bertz CT molecular complexity index is 606. The lowest BCUT2D eigenvalue weighted by Crippen LogP contribution is -2.05. The van der Waals surface area contributed by atoms with Gasteiger partial charge in [0.2, 0.25) is 0 Å². The summed E-state index contributed by atoms with van der Waals surface area (Å²) >= 11 is 0. The molecule has 0 aliphatic carbocycles. The average Bonchev–Trinajstić information content (AvgIpc) is 2.46. The Morgan fingerprint density at radius 1 is 1.05 bits per heavy atom. The fourth-order valence-electron chi connectivity index (χ4n) is 1.67. The Balaban J connectivity index is 2.24. The van der Waals surface area contributed by atoms with Gasteiger partial charge in [0.1, 0.15) is 0 Å². The number of nitro benzene ring substituents is 1. The molecule has 5 nitrogen and oxygen atoms in total. The van der Waals surface area contributed by atoms with E-state index in [0.29, 0.717) is 5.56 Å². The number of nitrogens with one attached hydrogen (secondary N) is 1. The van der Waals surface area contributed by atoms with E-state index in [9.17, 15) is 10.1 Å². The van der Waals surface area contributed by atoms with Crippen LogP contribution in [0, 0.1) is 10.1 Å². The highest BCUT2D eigenvalue weighted by atomic mass is 16.6. The summed E-state index contributed by atoms with van der Waals surface area (Å²) in [6.45, 7) is 0. The van der Waals surface area contributed by atoms with Crippen molar-refractivity contribution in [2.24, 2.45) is 5.84 Å². The molecule has 0 fully saturated rings. The Morgan fingerprint density at radius 2 is 1.74 bits per heavy atom. The highest BCUT2D eigenvalue weighted by Gasteiger charge is 2.08. The number of nitrogens with zero attached hydrogens (tertiary/aromatic N) is 1. The van der Waals surface area contributed by atoms with Crippen molar-refractivity contribution in [3.05, 3.63) is 69.8 Å². The van der Waals surface area contributed by atoms with Gasteiger partial charge in [-0.25, -0.2) is 0 Å². The third-order valence-corrected chi connectivity index (χ3v) is 2.67. The van der Waals surface area contributed by atoms with Gasteiger partial charge >= 0.3 is 0 Å². The van der Waals surface area contributed by atoms with Crippen molar-refractivity contribution < 1.29 is 4.92 Å². The molecule has 0 aliphatic rings. The summed E-state index contributed by atoms with van der Waals surface area (Å²) < 4.78 is 0. The largest absolute Gasteiger partial charge is 0.324 e. The van der Waals surface area contributed by atoms with E-state index in [0.717, 1.165) is 11.3 Å². The third-order valence-electron chi connectivity index (χ3n) is 2.67. The van der Waals surface area contributed by atoms with Gasteiger partial charge in [0.05, 0.1) is 10.5 Å². The molecule has 3 N–H and O–H groups in total. The molecule has 0 amide bonds. The summed E-state index contributed by atoms with van der Waals surface area (Å²) in [5.41, 5.74) is 4.96. The zero-order chi connectivity index (χ0) is 13.7. The molecule has 2 aromatic rings. The van der Waals surface area contributed by atoms with Crippen LogP contribution in [0.25, 0.3) is 12.2 Å². The van der Waals surface area contributed by atoms with E-state index < -0.39 is 0 Å². The van der Waals surface area contributed by atoms with Gasteiger partial charge in [-0.05, 0) is 29.8 Å². The fourth-order valence-corrected chi connectivity index (χ4v) is 1.67. The van der Waals surface area contributed by atoms with Gasteiger partial charge in [0.25, 0.3) is 5.69 Å². The number of nitro groups is 1. The lowest BCUT2D eigenvalue weighted by Gasteiger charge is -2.00. The Kier molecular flexibility index (Phi) is 3.90. The average molecular weight is 255 g/mol. The topological polar surface area (TPSA) is 81.2 Å². The Hall–Kier alpha value is -2.66. The Labute approximate surface area is 110 Å². The molecule has 0 radical (unpaired) electrons. The van der Waals surface area contributed by atoms with Crippen molar-refractivity contribution in [3.8, 4) is 0 Å². The molecule has 19 heavy (non-hydrogen) atoms. The van der Waals surface area contributed by atoms with Gasteiger partial charge in [-0.1, -0.05) is 30.3 Å². The summed E-state index contributed by atoms with van der Waals surface area (Å²) in [6, 6.07) is 14.0. The van der Waals surface area contributed by atoms with Gasteiger partial charge in [-0.3, -0.25) is 16.0 Å². The maximum Gasteiger partial charge on any atom is 0.276 e. The number of anilines is 1. The van der Waals surface area contributed by atoms with Crippen LogP contribution in [-0.4, -0.2) is 4.92 Å². The highest BCUT2D eigenvalue weighted by Crippen LogP contribution is 2.20. The molecule has 5 heteroatoms. The quantitative estimate of drug-likeness (QED) is 0.381. The molecule has 0 aliphatic heterocycles. The first-order valence-corrected chi connectivity index (χ1v) is 5.69. The maximum absolute atomic E-state index is 10.9. The summed E-state index contributed by atoms with van der Waals surface area (Å²) in [6.07, 6.45) is 3.55. The number of hydrazine groups is 1. The smallest absolute Gasteiger partial charge is 0.276 e. The van der Waals surface area contributed by atoms with Crippen molar-refractivity contribution in [2.45, 2.75) is 0 Å². The molecule has 0 bridgehead atoms. The number of para-hydroxylation sites is 1. The van der Waals surface area contributed by atoms with Crippen molar-refractivity contribution in [1.29, 1.82) is 0 Å². The SMILES string of the molecule is NNc1ccc(/C=C/c2ccccc2[N+](=O)[O-])cc1. The molecule has 96 valence electrons. The van der Waals surface area contributed by atoms with Crippen LogP contribution >= 0.6 is 0 Å². The summed E-state index contributed by atoms with van der Waals surface area (Å²) in [5.74, 6) is 5.28. The molecular weight excluding hydrogens is 242 g/mol. The standard InChI is InChI=1S/C14H13N3O2/c15-16-13-9-6-11(7-10-13)5-8-12-3-1-2-4-14(12)17(18)19/h1-10,16H,15H2/b8-5+. The van der Waals surface area contributed by atoms with Crippen LogP contribution in [-0.2, 0) is 0 Å². The van der Waals surface area contributed by atoms with E-state index in [1.807, 2.05) is 30.3 Å². The van der Waals surface area contributed by atoms with Crippen LogP contribution in [0.1, 0.15) is 11.1 Å². The lowest BCUT2D eigenvalue weighted by atomic mass is 10.1. The number of nitrogen functional groups attached to an aromatic ring is 1. The van der Waals surface area contributed by atoms with Crippen LogP contribution in [0.3, 0.4) is 0 Å². The van der Waals surface area contributed by atoms with Gasteiger partial charge in [-0.2, -0.15) is 0 Å². The van der Waals surface area contributed by atoms with E-state index in [4.69, 9.17) is 5.84 Å². The second-order valence-electron chi connectivity index (χ2n) is 3.92. The predicted molar refractivity (Wildman–Crippen MR) is 76.3 cm³/mol. The van der Waals surface area contributed by atoms with Crippen molar-refractivity contribution in [1.82, 2.24) is 0 Å². The van der Waals surface area contributed by atoms with Gasteiger partial charge in [-0.15, -0.1) is 0 Å². The molecular formula is C14H13N3O2. The first-order chi connectivity index (χ1) is 9.20. The molecule has 0 saturated carbocycles. The van der Waals surface area contributed by atoms with E-state index in [1.54, 1.807) is 24.3 Å². The molecule has 0 aromatic heterocycles. The number of nitrogens with two attached hydrogens (primary N) is 1. The van der Waals surface area contributed by atoms with E-state index in [-0.39, 0.29) is 10.6 Å². The first-order valence-electron chi connectivity index (χ1n) is 5.69. The molecule has 0 heterocycles. The van der Waals surface area contributed by atoms with Crippen LogP contribution in [0.5, 0.6) is 0 Å². The molecule has 0 saturated heterocycles. The molecule has 0 spiro atoms. The Morgan fingerprint density at radius 3 is 2.37 bits per heavy atom. The van der Waals surface area contributed by atoms with Crippen LogP contribution in [0.15, 0.2) is 48.5 Å². The summed E-state index contributed by atoms with van der Waals surface area (Å²) in [4.78, 5) is 10.5. The molecule has 0 unspecified atom stereocenters. The molecule has 2 aromatic carbocycles. The van der Waals surface area contributed by atoms with Gasteiger partial charge in [0.15, 0.2) is 0 Å². The van der Waals surface area contributed by atoms with Gasteiger partial charge < -0.3 is 5.43 Å². The normalized spacial score (nSPS) is 10.6. The molecule has 2 rings (SSSR count). The number of hydrogen-bond donors (Lipinski definition) is 2. The number of rotatable bonds is 4. The lowest BCUT2D eigenvalue weighted by molar-refractivity contribution is -0.385. The maximum atomic E-state index is 10.9.